The minimum Gasteiger partial charge on any atom is -0.394 e. The number of anilines is 1. The lowest BCUT2D eigenvalue weighted by atomic mass is 10.5. The highest BCUT2D eigenvalue weighted by Gasteiger charge is 2.03. The first kappa shape index (κ1) is 12.4. The first-order valence-corrected chi connectivity index (χ1v) is 5.61. The number of nitrogen functional groups attached to an aromatic ring is 1. The van der Waals surface area contributed by atoms with Crippen molar-refractivity contribution < 1.29 is 9.84 Å². The standard InChI is InChI=1S/C9H17N3O2S/c1-12(2-4-14-5-3-13)7-8-6-11-9(10)15-8/h6,13H,2-5,7H2,1H3,(H2,10,11). The Bertz CT molecular complexity index is 280. The Balaban J connectivity index is 2.15. The second kappa shape index (κ2) is 6.73. The molecule has 1 aromatic heterocycles. The van der Waals surface area contributed by atoms with E-state index in [1.165, 1.54) is 11.3 Å². The van der Waals surface area contributed by atoms with Crippen molar-refractivity contribution >= 4 is 16.5 Å². The molecule has 5 nitrogen and oxygen atoms in total. The van der Waals surface area contributed by atoms with Gasteiger partial charge in [-0.2, -0.15) is 0 Å². The summed E-state index contributed by atoms with van der Waals surface area (Å²) in [6.07, 6.45) is 1.80. The van der Waals surface area contributed by atoms with Crippen molar-refractivity contribution in [1.82, 2.24) is 9.88 Å². The van der Waals surface area contributed by atoms with Crippen molar-refractivity contribution in [2.45, 2.75) is 6.54 Å². The third-order valence-electron chi connectivity index (χ3n) is 1.85. The fraction of sp³-hybridized carbons (Fsp3) is 0.667. The van der Waals surface area contributed by atoms with E-state index in [0.717, 1.165) is 18.0 Å². The number of aliphatic hydroxyl groups excluding tert-OH is 1. The van der Waals surface area contributed by atoms with Gasteiger partial charge in [0, 0.05) is 24.2 Å². The zero-order valence-corrected chi connectivity index (χ0v) is 9.66. The molecule has 0 aromatic carbocycles. The summed E-state index contributed by atoms with van der Waals surface area (Å²) in [5, 5.41) is 9.12. The van der Waals surface area contributed by atoms with Gasteiger partial charge in [-0.3, -0.25) is 4.90 Å². The van der Waals surface area contributed by atoms with E-state index in [0.29, 0.717) is 18.3 Å². The molecule has 0 amide bonds. The minimum absolute atomic E-state index is 0.0785. The van der Waals surface area contributed by atoms with Gasteiger partial charge in [0.05, 0.1) is 19.8 Å². The summed E-state index contributed by atoms with van der Waals surface area (Å²) in [5.41, 5.74) is 5.53. The maximum absolute atomic E-state index is 8.51. The van der Waals surface area contributed by atoms with Gasteiger partial charge in [0.15, 0.2) is 5.13 Å². The summed E-state index contributed by atoms with van der Waals surface area (Å²) in [7, 11) is 2.01. The van der Waals surface area contributed by atoms with Gasteiger partial charge < -0.3 is 15.6 Å². The SMILES string of the molecule is CN(CCOCCO)Cc1cnc(N)s1. The van der Waals surface area contributed by atoms with Crippen molar-refractivity contribution in [3.8, 4) is 0 Å². The van der Waals surface area contributed by atoms with E-state index in [9.17, 15) is 0 Å². The van der Waals surface area contributed by atoms with Crippen LogP contribution in [0.2, 0.25) is 0 Å². The maximum atomic E-state index is 8.51. The smallest absolute Gasteiger partial charge is 0.180 e. The summed E-state index contributed by atoms with van der Waals surface area (Å²) >= 11 is 1.50. The van der Waals surface area contributed by atoms with Crippen molar-refractivity contribution in [1.29, 1.82) is 0 Å². The van der Waals surface area contributed by atoms with E-state index in [2.05, 4.69) is 9.88 Å². The van der Waals surface area contributed by atoms with E-state index in [4.69, 9.17) is 15.6 Å². The van der Waals surface area contributed by atoms with Crippen LogP contribution in [0.15, 0.2) is 6.20 Å². The molecular formula is C9H17N3O2S. The van der Waals surface area contributed by atoms with E-state index in [-0.39, 0.29) is 6.61 Å². The minimum atomic E-state index is 0.0785. The normalized spacial score (nSPS) is 11.1. The van der Waals surface area contributed by atoms with Crippen molar-refractivity contribution in [3.63, 3.8) is 0 Å². The van der Waals surface area contributed by atoms with Crippen LogP contribution >= 0.6 is 11.3 Å². The quantitative estimate of drug-likeness (QED) is 0.654. The number of thiazole rings is 1. The molecule has 0 aliphatic heterocycles. The molecule has 0 bridgehead atoms. The number of likely N-dealkylation sites (N-methyl/N-ethyl adjacent to an activating group) is 1. The van der Waals surface area contributed by atoms with Crippen LogP contribution in [0.25, 0.3) is 0 Å². The van der Waals surface area contributed by atoms with Gasteiger partial charge >= 0.3 is 0 Å². The van der Waals surface area contributed by atoms with E-state index in [1.54, 1.807) is 6.20 Å². The fourth-order valence-electron chi connectivity index (χ4n) is 1.13. The first-order valence-electron chi connectivity index (χ1n) is 4.79. The third kappa shape index (κ3) is 5.08. The predicted octanol–water partition coefficient (Wildman–Crippen LogP) is 0.166. The fourth-order valence-corrected chi connectivity index (χ4v) is 1.89. The molecule has 0 radical (unpaired) electrons. The van der Waals surface area contributed by atoms with Crippen LogP contribution in [-0.2, 0) is 11.3 Å². The lowest BCUT2D eigenvalue weighted by molar-refractivity contribution is 0.0774. The van der Waals surface area contributed by atoms with Gasteiger partial charge in [-0.05, 0) is 7.05 Å². The van der Waals surface area contributed by atoms with Crippen molar-refractivity contribution in [2.24, 2.45) is 0 Å². The van der Waals surface area contributed by atoms with Crippen LogP contribution < -0.4 is 5.73 Å². The van der Waals surface area contributed by atoms with Crippen LogP contribution in [0.5, 0.6) is 0 Å². The summed E-state index contributed by atoms with van der Waals surface area (Å²) < 4.78 is 5.17. The number of rotatable bonds is 7. The Hall–Kier alpha value is -0.690. The van der Waals surface area contributed by atoms with Gasteiger partial charge in [0.25, 0.3) is 0 Å². The predicted molar refractivity (Wildman–Crippen MR) is 60.8 cm³/mol. The number of ether oxygens (including phenoxy) is 1. The van der Waals surface area contributed by atoms with Crippen LogP contribution in [0.1, 0.15) is 4.88 Å². The average Bonchev–Trinajstić information content (AvgIpc) is 2.59. The molecule has 86 valence electrons. The van der Waals surface area contributed by atoms with Gasteiger partial charge in [0.2, 0.25) is 0 Å². The number of nitrogens with two attached hydrogens (primary N) is 1. The topological polar surface area (TPSA) is 71.6 Å². The van der Waals surface area contributed by atoms with Crippen LogP contribution in [0, 0.1) is 0 Å². The monoisotopic (exact) mass is 231 g/mol. The molecule has 0 atom stereocenters. The van der Waals surface area contributed by atoms with E-state index in [1.807, 2.05) is 7.05 Å². The molecule has 0 unspecified atom stereocenters. The maximum Gasteiger partial charge on any atom is 0.180 e. The molecule has 0 saturated carbocycles. The highest BCUT2D eigenvalue weighted by molar-refractivity contribution is 7.15. The number of hydrogen-bond donors (Lipinski definition) is 2. The third-order valence-corrected chi connectivity index (χ3v) is 2.66. The summed E-state index contributed by atoms with van der Waals surface area (Å²) in [6, 6.07) is 0. The molecule has 0 fully saturated rings. The molecule has 1 rings (SSSR count). The van der Waals surface area contributed by atoms with E-state index >= 15 is 0 Å². The van der Waals surface area contributed by atoms with Gasteiger partial charge in [0.1, 0.15) is 0 Å². The van der Waals surface area contributed by atoms with Crippen LogP contribution in [-0.4, -0.2) is 48.4 Å². The largest absolute Gasteiger partial charge is 0.394 e. The number of aromatic nitrogens is 1. The molecular weight excluding hydrogens is 214 g/mol. The number of hydrogen-bond acceptors (Lipinski definition) is 6. The molecule has 0 aliphatic rings. The van der Waals surface area contributed by atoms with Crippen LogP contribution in [0.4, 0.5) is 5.13 Å². The summed E-state index contributed by atoms with van der Waals surface area (Å²) in [4.78, 5) is 7.26. The Morgan fingerprint density at radius 2 is 2.40 bits per heavy atom. The Morgan fingerprint density at radius 3 is 3.00 bits per heavy atom. The molecule has 6 heteroatoms. The second-order valence-corrected chi connectivity index (χ2v) is 4.39. The van der Waals surface area contributed by atoms with E-state index < -0.39 is 0 Å². The summed E-state index contributed by atoms with van der Waals surface area (Å²) in [6.45, 7) is 2.77. The molecule has 0 saturated heterocycles. The highest BCUT2D eigenvalue weighted by Crippen LogP contribution is 2.15. The van der Waals surface area contributed by atoms with Gasteiger partial charge in [-0.15, -0.1) is 11.3 Å². The molecule has 0 spiro atoms. The van der Waals surface area contributed by atoms with Gasteiger partial charge in [-0.1, -0.05) is 0 Å². The highest BCUT2D eigenvalue weighted by atomic mass is 32.1. The molecule has 0 aliphatic carbocycles. The first-order chi connectivity index (χ1) is 7.22. The number of aliphatic hydroxyl groups is 1. The van der Waals surface area contributed by atoms with Crippen LogP contribution in [0.3, 0.4) is 0 Å². The Kier molecular flexibility index (Phi) is 5.56. The summed E-state index contributed by atoms with van der Waals surface area (Å²) in [5.74, 6) is 0. The Labute approximate surface area is 93.5 Å². The van der Waals surface area contributed by atoms with Crippen molar-refractivity contribution in [2.75, 3.05) is 39.1 Å². The van der Waals surface area contributed by atoms with Crippen molar-refractivity contribution in [3.05, 3.63) is 11.1 Å². The molecule has 15 heavy (non-hydrogen) atoms. The number of nitrogens with zero attached hydrogens (tertiary/aromatic N) is 2. The zero-order chi connectivity index (χ0) is 11.1. The zero-order valence-electron chi connectivity index (χ0n) is 8.85. The Morgan fingerprint density at radius 1 is 1.60 bits per heavy atom. The lowest BCUT2D eigenvalue weighted by Crippen LogP contribution is -2.22. The van der Waals surface area contributed by atoms with Gasteiger partial charge in [-0.25, -0.2) is 4.98 Å². The molecule has 3 N–H and O–H groups in total. The molecule has 1 heterocycles. The second-order valence-electron chi connectivity index (χ2n) is 3.24. The lowest BCUT2D eigenvalue weighted by Gasteiger charge is -2.14. The molecule has 1 aromatic rings. The average molecular weight is 231 g/mol.